The first-order valence-corrected chi connectivity index (χ1v) is 9.52. The van der Waals surface area contributed by atoms with E-state index in [0.717, 1.165) is 6.42 Å². The molecule has 0 aliphatic heterocycles. The van der Waals surface area contributed by atoms with Crippen LogP contribution in [0.25, 0.3) is 0 Å². The number of hydrogen-bond acceptors (Lipinski definition) is 3. The predicted molar refractivity (Wildman–Crippen MR) is 112 cm³/mol. The van der Waals surface area contributed by atoms with E-state index in [-0.39, 0.29) is 24.4 Å². The highest BCUT2D eigenvalue weighted by atomic mass is 35.5. The number of benzene rings is 2. The van der Waals surface area contributed by atoms with Crippen LogP contribution in [0.4, 0.5) is 11.4 Å². The van der Waals surface area contributed by atoms with Gasteiger partial charge in [0.25, 0.3) is 5.91 Å². The summed E-state index contributed by atoms with van der Waals surface area (Å²) in [5, 5.41) is 9.59. The summed E-state index contributed by atoms with van der Waals surface area (Å²) in [6.45, 7) is 3.94. The monoisotopic (exact) mass is 427 g/mol. The van der Waals surface area contributed by atoms with E-state index < -0.39 is 0 Å². The molecule has 144 valence electrons. The van der Waals surface area contributed by atoms with Gasteiger partial charge < -0.3 is 16.0 Å². The second-order valence-electron chi connectivity index (χ2n) is 6.01. The van der Waals surface area contributed by atoms with Crippen LogP contribution in [0.2, 0.25) is 15.1 Å². The first-order valence-electron chi connectivity index (χ1n) is 8.39. The summed E-state index contributed by atoms with van der Waals surface area (Å²) in [6.07, 6.45) is 0.857. The molecule has 0 saturated heterocycles. The van der Waals surface area contributed by atoms with Gasteiger partial charge in [0.05, 0.1) is 27.3 Å². The van der Waals surface area contributed by atoms with Gasteiger partial charge in [-0.2, -0.15) is 0 Å². The van der Waals surface area contributed by atoms with Crippen LogP contribution in [0.1, 0.15) is 30.6 Å². The van der Waals surface area contributed by atoms with Gasteiger partial charge in [-0.25, -0.2) is 0 Å². The Labute approximate surface area is 173 Å². The maximum atomic E-state index is 12.1. The molecule has 2 amide bonds. The molecule has 1 atom stereocenters. The molecule has 0 aromatic heterocycles. The Kier molecular flexibility index (Phi) is 7.78. The summed E-state index contributed by atoms with van der Waals surface area (Å²) in [6, 6.07) is 9.85. The molecule has 2 rings (SSSR count). The minimum Gasteiger partial charge on any atom is -0.375 e. The molecule has 0 aliphatic rings. The van der Waals surface area contributed by atoms with Gasteiger partial charge >= 0.3 is 0 Å². The van der Waals surface area contributed by atoms with Crippen LogP contribution in [-0.2, 0) is 4.79 Å². The molecular formula is C19H20Cl3N3O2. The molecule has 3 N–H and O–H groups in total. The quantitative estimate of drug-likeness (QED) is 0.529. The van der Waals surface area contributed by atoms with E-state index in [1.807, 2.05) is 13.8 Å². The van der Waals surface area contributed by atoms with Gasteiger partial charge in [-0.05, 0) is 49.7 Å². The number of carbonyl (C=O) groups excluding carboxylic acids is 2. The minimum atomic E-state index is -0.269. The lowest BCUT2D eigenvalue weighted by molar-refractivity contribution is -0.114. The topological polar surface area (TPSA) is 70.2 Å². The zero-order valence-corrected chi connectivity index (χ0v) is 17.2. The molecule has 8 heteroatoms. The zero-order valence-electron chi connectivity index (χ0n) is 14.9. The Morgan fingerprint density at radius 2 is 1.63 bits per heavy atom. The first-order chi connectivity index (χ1) is 12.8. The van der Waals surface area contributed by atoms with Crippen molar-refractivity contribution < 1.29 is 9.59 Å². The first kappa shape index (κ1) is 21.4. The molecule has 0 heterocycles. The van der Waals surface area contributed by atoms with E-state index in [1.54, 1.807) is 30.3 Å². The summed E-state index contributed by atoms with van der Waals surface area (Å²) < 4.78 is 0. The lowest BCUT2D eigenvalue weighted by Gasteiger charge is -2.12. The van der Waals surface area contributed by atoms with Gasteiger partial charge in [0.2, 0.25) is 5.91 Å². The van der Waals surface area contributed by atoms with Crippen LogP contribution in [0.3, 0.4) is 0 Å². The van der Waals surface area contributed by atoms with E-state index in [4.69, 9.17) is 34.8 Å². The van der Waals surface area contributed by atoms with Crippen molar-refractivity contribution in [1.82, 2.24) is 5.32 Å². The molecule has 27 heavy (non-hydrogen) atoms. The van der Waals surface area contributed by atoms with Crippen LogP contribution in [-0.4, -0.2) is 24.4 Å². The summed E-state index contributed by atoms with van der Waals surface area (Å²) >= 11 is 17.9. The number of amides is 2. The largest absolute Gasteiger partial charge is 0.375 e. The van der Waals surface area contributed by atoms with Crippen molar-refractivity contribution in [3.05, 3.63) is 57.0 Å². The lowest BCUT2D eigenvalue weighted by Crippen LogP contribution is -2.31. The molecule has 0 aliphatic carbocycles. The smallest absolute Gasteiger partial charge is 0.251 e. The highest BCUT2D eigenvalue weighted by molar-refractivity contribution is 6.44. The molecular weight excluding hydrogens is 409 g/mol. The number of rotatable bonds is 7. The Balaban J connectivity index is 1.91. The summed E-state index contributed by atoms with van der Waals surface area (Å²) in [5.41, 5.74) is 1.63. The number of nitrogens with one attached hydrogen (secondary N) is 3. The van der Waals surface area contributed by atoms with Gasteiger partial charge in [0.1, 0.15) is 0 Å². The van der Waals surface area contributed by atoms with Gasteiger partial charge in [-0.3, -0.25) is 9.59 Å². The molecule has 0 saturated carbocycles. The number of halogens is 3. The Bertz CT molecular complexity index is 826. The number of anilines is 2. The standard InChI is InChI=1S/C19H20Cl3N3O2/c1-3-11(2)24-19(27)12-4-6-13(7-5-12)25-18(26)10-23-17-9-15(21)14(20)8-16(17)22/h4-9,11,23H,3,10H2,1-2H3,(H,24,27)(H,25,26). The van der Waals surface area contributed by atoms with Crippen LogP contribution < -0.4 is 16.0 Å². The minimum absolute atomic E-state index is 0.00602. The van der Waals surface area contributed by atoms with Crippen LogP contribution in [0, 0.1) is 0 Å². The van der Waals surface area contributed by atoms with Crippen molar-refractivity contribution in [1.29, 1.82) is 0 Å². The zero-order chi connectivity index (χ0) is 20.0. The Morgan fingerprint density at radius 3 is 2.26 bits per heavy atom. The molecule has 2 aromatic rings. The summed E-state index contributed by atoms with van der Waals surface area (Å²) in [5.74, 6) is -0.410. The average Bonchev–Trinajstić information content (AvgIpc) is 2.64. The van der Waals surface area contributed by atoms with Crippen molar-refractivity contribution in [2.45, 2.75) is 26.3 Å². The predicted octanol–water partition coefficient (Wildman–Crippen LogP) is 5.23. The number of carbonyl (C=O) groups is 2. The fourth-order valence-corrected chi connectivity index (χ4v) is 2.77. The van der Waals surface area contributed by atoms with Crippen molar-refractivity contribution in [2.75, 3.05) is 17.2 Å². The second kappa shape index (κ2) is 9.83. The highest BCUT2D eigenvalue weighted by Crippen LogP contribution is 2.32. The van der Waals surface area contributed by atoms with E-state index in [1.165, 1.54) is 6.07 Å². The Morgan fingerprint density at radius 1 is 1.00 bits per heavy atom. The van der Waals surface area contributed by atoms with Gasteiger partial charge in [0, 0.05) is 17.3 Å². The molecule has 1 unspecified atom stereocenters. The number of hydrogen-bond donors (Lipinski definition) is 3. The third-order valence-electron chi connectivity index (χ3n) is 3.87. The van der Waals surface area contributed by atoms with Crippen molar-refractivity contribution in [3.8, 4) is 0 Å². The molecule has 0 spiro atoms. The molecule has 0 radical (unpaired) electrons. The van der Waals surface area contributed by atoms with Gasteiger partial charge in [-0.1, -0.05) is 41.7 Å². The van der Waals surface area contributed by atoms with E-state index in [2.05, 4.69) is 16.0 Å². The second-order valence-corrected chi connectivity index (χ2v) is 7.23. The van der Waals surface area contributed by atoms with Crippen LogP contribution in [0.15, 0.2) is 36.4 Å². The molecule has 0 fully saturated rings. The van der Waals surface area contributed by atoms with Crippen LogP contribution >= 0.6 is 34.8 Å². The van der Waals surface area contributed by atoms with Crippen molar-refractivity contribution >= 4 is 58.0 Å². The van der Waals surface area contributed by atoms with Gasteiger partial charge in [0.15, 0.2) is 0 Å². The van der Waals surface area contributed by atoms with Crippen LogP contribution in [0.5, 0.6) is 0 Å². The maximum absolute atomic E-state index is 12.1. The normalized spacial score (nSPS) is 11.6. The third-order valence-corrected chi connectivity index (χ3v) is 4.90. The van der Waals surface area contributed by atoms with E-state index in [0.29, 0.717) is 32.0 Å². The fraction of sp³-hybridized carbons (Fsp3) is 0.263. The average molecular weight is 429 g/mol. The SMILES string of the molecule is CCC(C)NC(=O)c1ccc(NC(=O)CNc2cc(Cl)c(Cl)cc2Cl)cc1. The summed E-state index contributed by atoms with van der Waals surface area (Å²) in [7, 11) is 0. The molecule has 0 bridgehead atoms. The Hall–Kier alpha value is -1.95. The third kappa shape index (κ3) is 6.31. The van der Waals surface area contributed by atoms with E-state index in [9.17, 15) is 9.59 Å². The van der Waals surface area contributed by atoms with Gasteiger partial charge in [-0.15, -0.1) is 0 Å². The van der Waals surface area contributed by atoms with Crippen molar-refractivity contribution in [2.24, 2.45) is 0 Å². The maximum Gasteiger partial charge on any atom is 0.251 e. The van der Waals surface area contributed by atoms with Crippen molar-refractivity contribution in [3.63, 3.8) is 0 Å². The molecule has 2 aromatic carbocycles. The van der Waals surface area contributed by atoms with E-state index >= 15 is 0 Å². The fourth-order valence-electron chi connectivity index (χ4n) is 2.15. The highest BCUT2D eigenvalue weighted by Gasteiger charge is 2.10. The summed E-state index contributed by atoms with van der Waals surface area (Å²) in [4.78, 5) is 24.1. The lowest BCUT2D eigenvalue weighted by atomic mass is 10.1. The molecule has 5 nitrogen and oxygen atoms in total.